The lowest BCUT2D eigenvalue weighted by molar-refractivity contribution is 0.0692. The SMILES string of the molecule is O=C(O)c1ccc(-c2ccc(-c3nc4ccccc4[nH]3)cc2)cc1F. The first-order valence-electron chi connectivity index (χ1n) is 7.70. The molecule has 4 aromatic rings. The molecule has 25 heavy (non-hydrogen) atoms. The molecule has 1 aromatic heterocycles. The fourth-order valence-electron chi connectivity index (χ4n) is 2.78. The van der Waals surface area contributed by atoms with E-state index in [0.29, 0.717) is 5.56 Å². The number of fused-ring (bicyclic) bond motifs is 1. The third-order valence-corrected chi connectivity index (χ3v) is 4.08. The molecular formula is C20H13FN2O2. The van der Waals surface area contributed by atoms with E-state index in [1.165, 1.54) is 12.1 Å². The van der Waals surface area contributed by atoms with E-state index in [9.17, 15) is 9.18 Å². The zero-order valence-corrected chi connectivity index (χ0v) is 13.0. The molecule has 5 heteroatoms. The Morgan fingerprint density at radius 3 is 2.28 bits per heavy atom. The van der Waals surface area contributed by atoms with Crippen molar-refractivity contribution in [2.75, 3.05) is 0 Å². The first-order chi connectivity index (χ1) is 12.1. The second kappa shape index (κ2) is 5.87. The quantitative estimate of drug-likeness (QED) is 0.570. The molecular weight excluding hydrogens is 319 g/mol. The van der Waals surface area contributed by atoms with E-state index >= 15 is 0 Å². The maximum absolute atomic E-state index is 13.9. The van der Waals surface area contributed by atoms with Gasteiger partial charge in [0.25, 0.3) is 0 Å². The highest BCUT2D eigenvalue weighted by molar-refractivity contribution is 5.88. The van der Waals surface area contributed by atoms with Gasteiger partial charge < -0.3 is 10.1 Å². The lowest BCUT2D eigenvalue weighted by Crippen LogP contribution is -2.00. The van der Waals surface area contributed by atoms with Gasteiger partial charge in [0.15, 0.2) is 0 Å². The van der Waals surface area contributed by atoms with Gasteiger partial charge in [-0.05, 0) is 35.4 Å². The molecule has 0 spiro atoms. The number of nitrogens with one attached hydrogen (secondary N) is 1. The number of halogens is 1. The summed E-state index contributed by atoms with van der Waals surface area (Å²) in [7, 11) is 0. The van der Waals surface area contributed by atoms with Crippen molar-refractivity contribution in [1.82, 2.24) is 9.97 Å². The van der Waals surface area contributed by atoms with Crippen LogP contribution in [-0.2, 0) is 0 Å². The number of carboxylic acid groups (broad SMARTS) is 1. The molecule has 0 aliphatic carbocycles. The zero-order chi connectivity index (χ0) is 17.4. The third-order valence-electron chi connectivity index (χ3n) is 4.08. The molecule has 2 N–H and O–H groups in total. The number of hydrogen-bond acceptors (Lipinski definition) is 2. The van der Waals surface area contributed by atoms with Crippen molar-refractivity contribution in [3.63, 3.8) is 0 Å². The molecule has 4 nitrogen and oxygen atoms in total. The molecule has 0 aliphatic rings. The molecule has 0 aliphatic heterocycles. The largest absolute Gasteiger partial charge is 0.478 e. The van der Waals surface area contributed by atoms with Crippen LogP contribution in [0.4, 0.5) is 4.39 Å². The second-order valence-electron chi connectivity index (χ2n) is 5.68. The Morgan fingerprint density at radius 2 is 1.60 bits per heavy atom. The van der Waals surface area contributed by atoms with Crippen molar-refractivity contribution in [2.24, 2.45) is 0 Å². The molecule has 0 unspecified atom stereocenters. The summed E-state index contributed by atoms with van der Waals surface area (Å²) in [5, 5.41) is 8.90. The highest BCUT2D eigenvalue weighted by atomic mass is 19.1. The minimum atomic E-state index is -1.27. The van der Waals surface area contributed by atoms with Gasteiger partial charge in [-0.15, -0.1) is 0 Å². The number of nitrogens with zero attached hydrogens (tertiary/aromatic N) is 1. The van der Waals surface area contributed by atoms with Crippen LogP contribution < -0.4 is 0 Å². The van der Waals surface area contributed by atoms with Crippen molar-refractivity contribution in [3.05, 3.63) is 78.1 Å². The van der Waals surface area contributed by atoms with E-state index in [1.807, 2.05) is 48.5 Å². The first kappa shape index (κ1) is 15.1. The van der Waals surface area contributed by atoms with Gasteiger partial charge in [-0.25, -0.2) is 14.2 Å². The van der Waals surface area contributed by atoms with E-state index < -0.39 is 11.8 Å². The van der Waals surface area contributed by atoms with Crippen molar-refractivity contribution >= 4 is 17.0 Å². The summed E-state index contributed by atoms with van der Waals surface area (Å²) in [4.78, 5) is 18.7. The third kappa shape index (κ3) is 2.76. The summed E-state index contributed by atoms with van der Waals surface area (Å²) < 4.78 is 13.9. The smallest absolute Gasteiger partial charge is 0.338 e. The van der Waals surface area contributed by atoms with Gasteiger partial charge >= 0.3 is 5.97 Å². The maximum atomic E-state index is 13.9. The lowest BCUT2D eigenvalue weighted by Gasteiger charge is -2.05. The average Bonchev–Trinajstić information content (AvgIpc) is 3.05. The molecule has 0 atom stereocenters. The van der Waals surface area contributed by atoms with Crippen LogP contribution in [0.15, 0.2) is 66.7 Å². The summed E-state index contributed by atoms with van der Waals surface area (Å²) >= 11 is 0. The van der Waals surface area contributed by atoms with Gasteiger partial charge in [0.2, 0.25) is 0 Å². The summed E-state index contributed by atoms with van der Waals surface area (Å²) in [5.41, 5.74) is 3.88. The zero-order valence-electron chi connectivity index (χ0n) is 13.0. The highest BCUT2D eigenvalue weighted by Gasteiger charge is 2.11. The van der Waals surface area contributed by atoms with E-state index in [1.54, 1.807) is 6.07 Å². The molecule has 0 bridgehead atoms. The Bertz CT molecular complexity index is 1050. The minimum Gasteiger partial charge on any atom is -0.478 e. The predicted molar refractivity (Wildman–Crippen MR) is 93.9 cm³/mol. The molecule has 0 radical (unpaired) electrons. The minimum absolute atomic E-state index is 0.331. The van der Waals surface area contributed by atoms with E-state index in [4.69, 9.17) is 5.11 Å². The Labute approximate surface area is 142 Å². The Morgan fingerprint density at radius 1 is 0.920 bits per heavy atom. The molecule has 122 valence electrons. The van der Waals surface area contributed by atoms with Gasteiger partial charge in [0.1, 0.15) is 11.6 Å². The normalized spacial score (nSPS) is 10.9. The number of H-pyrrole nitrogens is 1. The molecule has 0 amide bonds. The Hall–Kier alpha value is -3.47. The lowest BCUT2D eigenvalue weighted by atomic mass is 10.0. The summed E-state index contributed by atoms with van der Waals surface area (Å²) in [6, 6.07) is 19.4. The standard InChI is InChI=1S/C20H13FN2O2/c21-16-11-14(9-10-15(16)20(24)25)12-5-7-13(8-6-12)19-22-17-3-1-2-4-18(17)23-19/h1-11H,(H,22,23)(H,24,25). The van der Waals surface area contributed by atoms with Crippen molar-refractivity contribution in [3.8, 4) is 22.5 Å². The number of benzene rings is 3. The van der Waals surface area contributed by atoms with Crippen molar-refractivity contribution < 1.29 is 14.3 Å². The fraction of sp³-hybridized carbons (Fsp3) is 0. The number of carboxylic acids is 1. The van der Waals surface area contributed by atoms with Gasteiger partial charge in [-0.2, -0.15) is 0 Å². The van der Waals surface area contributed by atoms with Crippen LogP contribution in [0.2, 0.25) is 0 Å². The van der Waals surface area contributed by atoms with Crippen LogP contribution >= 0.6 is 0 Å². The summed E-state index contributed by atoms with van der Waals surface area (Å²) in [5.74, 6) is -1.25. The van der Waals surface area contributed by atoms with Crippen LogP contribution in [0.25, 0.3) is 33.5 Å². The van der Waals surface area contributed by atoms with E-state index in [-0.39, 0.29) is 5.56 Å². The number of para-hydroxylation sites is 2. The molecule has 4 rings (SSSR count). The number of rotatable bonds is 3. The van der Waals surface area contributed by atoms with Crippen LogP contribution in [0, 0.1) is 5.82 Å². The summed E-state index contributed by atoms with van der Waals surface area (Å²) in [6.07, 6.45) is 0. The molecule has 0 saturated carbocycles. The maximum Gasteiger partial charge on any atom is 0.338 e. The number of carbonyl (C=O) groups is 1. The topological polar surface area (TPSA) is 66.0 Å². The van der Waals surface area contributed by atoms with Crippen LogP contribution in [0.1, 0.15) is 10.4 Å². The van der Waals surface area contributed by atoms with Crippen LogP contribution in [0.3, 0.4) is 0 Å². The van der Waals surface area contributed by atoms with Gasteiger partial charge in [-0.3, -0.25) is 0 Å². The first-order valence-corrected chi connectivity index (χ1v) is 7.70. The van der Waals surface area contributed by atoms with E-state index in [0.717, 1.165) is 28.0 Å². The van der Waals surface area contributed by atoms with Crippen LogP contribution in [0.5, 0.6) is 0 Å². The number of aromatic amines is 1. The number of aromatic nitrogens is 2. The van der Waals surface area contributed by atoms with Crippen molar-refractivity contribution in [2.45, 2.75) is 0 Å². The molecule has 3 aromatic carbocycles. The number of imidazole rings is 1. The van der Waals surface area contributed by atoms with Gasteiger partial charge in [0.05, 0.1) is 16.6 Å². The molecule has 0 fully saturated rings. The highest BCUT2D eigenvalue weighted by Crippen LogP contribution is 2.26. The Balaban J connectivity index is 1.68. The van der Waals surface area contributed by atoms with Crippen molar-refractivity contribution in [1.29, 1.82) is 0 Å². The number of aromatic carboxylic acids is 1. The predicted octanol–water partition coefficient (Wildman–Crippen LogP) is 4.73. The van der Waals surface area contributed by atoms with Crippen LogP contribution in [-0.4, -0.2) is 21.0 Å². The van der Waals surface area contributed by atoms with E-state index in [2.05, 4.69) is 9.97 Å². The Kier molecular flexibility index (Phi) is 3.54. The fourth-order valence-corrected chi connectivity index (χ4v) is 2.78. The summed E-state index contributed by atoms with van der Waals surface area (Å²) in [6.45, 7) is 0. The average molecular weight is 332 g/mol. The van der Waals surface area contributed by atoms with Gasteiger partial charge in [-0.1, -0.05) is 42.5 Å². The number of hydrogen-bond donors (Lipinski definition) is 2. The molecule has 0 saturated heterocycles. The monoisotopic (exact) mass is 332 g/mol. The molecule has 1 heterocycles. The second-order valence-corrected chi connectivity index (χ2v) is 5.68. The van der Waals surface area contributed by atoms with Gasteiger partial charge in [0, 0.05) is 5.56 Å².